The number of primary amides is 1. The van der Waals surface area contributed by atoms with E-state index in [4.69, 9.17) is 15.5 Å². The number of nitrogens with two attached hydrogens (primary N) is 1. The van der Waals surface area contributed by atoms with Crippen LogP contribution in [0.5, 0.6) is 5.75 Å². The van der Waals surface area contributed by atoms with Crippen LogP contribution >= 0.6 is 24.0 Å². The Labute approximate surface area is 210 Å². The molecule has 2 saturated heterocycles. The van der Waals surface area contributed by atoms with Crippen LogP contribution in [-0.2, 0) is 4.79 Å². The lowest BCUT2D eigenvalue weighted by Crippen LogP contribution is -2.47. The van der Waals surface area contributed by atoms with E-state index in [1.54, 1.807) is 7.11 Å². The molecule has 0 aromatic heterocycles. The number of hydrogen-bond donors (Lipinski definition) is 2. The highest BCUT2D eigenvalue weighted by molar-refractivity contribution is 14.0. The second-order valence-electron chi connectivity index (χ2n) is 8.70. The molecule has 0 bridgehead atoms. The van der Waals surface area contributed by atoms with Crippen LogP contribution < -0.4 is 15.8 Å². The number of rotatable bonds is 8. The Kier molecular flexibility index (Phi) is 11.6. The predicted octanol–water partition coefficient (Wildman–Crippen LogP) is 3.39. The molecule has 1 aromatic rings. The number of ether oxygens (including phenoxy) is 1. The van der Waals surface area contributed by atoms with E-state index in [1.165, 1.54) is 24.8 Å². The van der Waals surface area contributed by atoms with Crippen molar-refractivity contribution in [2.24, 2.45) is 16.6 Å². The maximum absolute atomic E-state index is 11.4. The number of nitrogens with one attached hydrogen (secondary N) is 1. The molecule has 1 amide bonds. The molecule has 3 rings (SSSR count). The van der Waals surface area contributed by atoms with Crippen LogP contribution in [0.3, 0.4) is 0 Å². The van der Waals surface area contributed by atoms with E-state index in [1.807, 2.05) is 12.1 Å². The van der Waals surface area contributed by atoms with Crippen LogP contribution in [0, 0.1) is 5.92 Å². The molecule has 2 atom stereocenters. The number of carbonyl (C=O) groups excluding carboxylic acids is 1. The van der Waals surface area contributed by atoms with E-state index in [0.717, 1.165) is 57.3 Å². The molecular formula is C24H40IN5O2. The molecule has 0 radical (unpaired) electrons. The molecule has 2 aliphatic heterocycles. The Bertz CT molecular complexity index is 722. The highest BCUT2D eigenvalue weighted by atomic mass is 127. The number of aliphatic imine (C=N–C) groups is 1. The van der Waals surface area contributed by atoms with E-state index >= 15 is 0 Å². The third-order valence-electron chi connectivity index (χ3n) is 6.39. The zero-order valence-corrected chi connectivity index (χ0v) is 21.9. The van der Waals surface area contributed by atoms with Crippen molar-refractivity contribution in [1.29, 1.82) is 0 Å². The van der Waals surface area contributed by atoms with Crippen molar-refractivity contribution in [3.63, 3.8) is 0 Å². The smallest absolute Gasteiger partial charge is 0.217 e. The third kappa shape index (κ3) is 7.79. The Morgan fingerprint density at radius 3 is 2.53 bits per heavy atom. The summed E-state index contributed by atoms with van der Waals surface area (Å²) in [7, 11) is 1.70. The molecule has 7 nitrogen and oxygen atoms in total. The van der Waals surface area contributed by atoms with Crippen molar-refractivity contribution in [3.8, 4) is 5.75 Å². The quantitative estimate of drug-likeness (QED) is 0.291. The van der Waals surface area contributed by atoms with E-state index in [0.29, 0.717) is 18.9 Å². The standard InChI is InChI=1S/C24H39N5O2.HI/c1-3-26-24(29-15-7-8-19(18-29)16-23(25)30)27-17-22(28-13-5-4-6-14-28)20-9-11-21(31-2)12-10-20;/h9-12,19,22H,3-8,13-18H2,1-2H3,(H2,25,30)(H,26,27);1H. The summed E-state index contributed by atoms with van der Waals surface area (Å²) in [5.74, 6) is 1.94. The fraction of sp³-hybridized carbons (Fsp3) is 0.667. The molecule has 180 valence electrons. The SMILES string of the molecule is CCNC(=NCC(c1ccc(OC)cc1)N1CCCCC1)N1CCCC(CC(N)=O)C1.I. The lowest BCUT2D eigenvalue weighted by molar-refractivity contribution is -0.119. The van der Waals surface area contributed by atoms with Crippen LogP contribution in [0.25, 0.3) is 0 Å². The zero-order valence-electron chi connectivity index (χ0n) is 19.6. The van der Waals surface area contributed by atoms with E-state index in [2.05, 4.69) is 34.2 Å². The largest absolute Gasteiger partial charge is 0.497 e. The first-order valence-corrected chi connectivity index (χ1v) is 11.8. The van der Waals surface area contributed by atoms with Crippen molar-refractivity contribution in [1.82, 2.24) is 15.1 Å². The summed E-state index contributed by atoms with van der Waals surface area (Å²) in [6.45, 7) is 7.69. The number of piperidine rings is 2. The van der Waals surface area contributed by atoms with Gasteiger partial charge in [-0.15, -0.1) is 24.0 Å². The molecule has 1 aromatic carbocycles. The number of nitrogens with zero attached hydrogens (tertiary/aromatic N) is 3. The van der Waals surface area contributed by atoms with Crippen LogP contribution in [0.1, 0.15) is 57.1 Å². The first-order chi connectivity index (χ1) is 15.1. The fourth-order valence-corrected chi connectivity index (χ4v) is 4.80. The summed E-state index contributed by atoms with van der Waals surface area (Å²) in [5.41, 5.74) is 6.74. The van der Waals surface area contributed by atoms with Gasteiger partial charge in [0.25, 0.3) is 0 Å². The van der Waals surface area contributed by atoms with Crippen LogP contribution in [0.15, 0.2) is 29.3 Å². The third-order valence-corrected chi connectivity index (χ3v) is 6.39. The number of halogens is 1. The zero-order chi connectivity index (χ0) is 22.1. The molecule has 0 spiro atoms. The molecular weight excluding hydrogens is 517 g/mol. The van der Waals surface area contributed by atoms with Gasteiger partial charge in [-0.3, -0.25) is 14.7 Å². The van der Waals surface area contributed by atoms with Gasteiger partial charge in [-0.2, -0.15) is 0 Å². The van der Waals surface area contributed by atoms with Gasteiger partial charge in [-0.1, -0.05) is 18.6 Å². The van der Waals surface area contributed by atoms with Gasteiger partial charge in [-0.25, -0.2) is 0 Å². The van der Waals surface area contributed by atoms with Gasteiger partial charge in [0.05, 0.1) is 19.7 Å². The number of benzene rings is 1. The molecule has 32 heavy (non-hydrogen) atoms. The molecule has 2 aliphatic rings. The van der Waals surface area contributed by atoms with Crippen molar-refractivity contribution in [3.05, 3.63) is 29.8 Å². The van der Waals surface area contributed by atoms with Crippen LogP contribution in [0.2, 0.25) is 0 Å². The lowest BCUT2D eigenvalue weighted by Gasteiger charge is -2.36. The average Bonchev–Trinajstić information content (AvgIpc) is 2.79. The first-order valence-electron chi connectivity index (χ1n) is 11.8. The second-order valence-corrected chi connectivity index (χ2v) is 8.70. The van der Waals surface area contributed by atoms with Crippen LogP contribution in [-0.4, -0.2) is 68.0 Å². The van der Waals surface area contributed by atoms with Gasteiger partial charge < -0.3 is 20.7 Å². The number of methoxy groups -OCH3 is 1. The molecule has 0 saturated carbocycles. The van der Waals surface area contributed by atoms with E-state index in [-0.39, 0.29) is 35.9 Å². The summed E-state index contributed by atoms with van der Waals surface area (Å²) in [6, 6.07) is 8.68. The highest BCUT2D eigenvalue weighted by Gasteiger charge is 2.26. The Morgan fingerprint density at radius 2 is 1.91 bits per heavy atom. The minimum atomic E-state index is -0.210. The Morgan fingerprint density at radius 1 is 1.19 bits per heavy atom. The van der Waals surface area contributed by atoms with Crippen molar-refractivity contribution in [2.45, 2.75) is 51.5 Å². The van der Waals surface area contributed by atoms with Gasteiger partial charge in [-0.05, 0) is 69.3 Å². The summed E-state index contributed by atoms with van der Waals surface area (Å²) in [6.07, 6.45) is 6.39. The molecule has 8 heteroatoms. The number of likely N-dealkylation sites (tertiary alicyclic amines) is 2. The Balaban J connectivity index is 0.00000363. The normalized spacial score (nSPS) is 20.9. The van der Waals surface area contributed by atoms with E-state index in [9.17, 15) is 4.79 Å². The molecule has 2 heterocycles. The van der Waals surface area contributed by atoms with Gasteiger partial charge in [0.15, 0.2) is 5.96 Å². The van der Waals surface area contributed by atoms with Crippen molar-refractivity contribution >= 4 is 35.8 Å². The first kappa shape index (κ1) is 26.7. The molecule has 0 aliphatic carbocycles. The van der Waals surface area contributed by atoms with Crippen LogP contribution in [0.4, 0.5) is 0 Å². The molecule has 2 fully saturated rings. The van der Waals surface area contributed by atoms with E-state index < -0.39 is 0 Å². The number of hydrogen-bond acceptors (Lipinski definition) is 4. The second kappa shape index (κ2) is 13.9. The van der Waals surface area contributed by atoms with Gasteiger partial charge in [0.2, 0.25) is 5.91 Å². The fourth-order valence-electron chi connectivity index (χ4n) is 4.80. The summed E-state index contributed by atoms with van der Waals surface area (Å²) in [5, 5.41) is 3.48. The van der Waals surface area contributed by atoms with Gasteiger partial charge in [0.1, 0.15) is 5.75 Å². The maximum atomic E-state index is 11.4. The molecule has 2 unspecified atom stereocenters. The number of carbonyl (C=O) groups is 1. The summed E-state index contributed by atoms with van der Waals surface area (Å²) < 4.78 is 5.35. The molecule has 3 N–H and O–H groups in total. The number of amides is 1. The highest BCUT2D eigenvalue weighted by Crippen LogP contribution is 2.27. The maximum Gasteiger partial charge on any atom is 0.217 e. The average molecular weight is 558 g/mol. The summed E-state index contributed by atoms with van der Waals surface area (Å²) in [4.78, 5) is 21.4. The summed E-state index contributed by atoms with van der Waals surface area (Å²) >= 11 is 0. The topological polar surface area (TPSA) is 83.2 Å². The minimum Gasteiger partial charge on any atom is -0.497 e. The monoisotopic (exact) mass is 557 g/mol. The van der Waals surface area contributed by atoms with Crippen molar-refractivity contribution < 1.29 is 9.53 Å². The number of guanidine groups is 1. The minimum absolute atomic E-state index is 0. The predicted molar refractivity (Wildman–Crippen MR) is 141 cm³/mol. The van der Waals surface area contributed by atoms with Gasteiger partial charge >= 0.3 is 0 Å². The Hall–Kier alpha value is -1.55. The van der Waals surface area contributed by atoms with Gasteiger partial charge in [0, 0.05) is 26.1 Å². The lowest BCUT2D eigenvalue weighted by atomic mass is 9.95. The van der Waals surface area contributed by atoms with Crippen molar-refractivity contribution in [2.75, 3.05) is 46.4 Å².